The average Bonchev–Trinajstić information content (AvgIpc) is 3.16. The molecule has 1 saturated heterocycles. The van der Waals surface area contributed by atoms with Crippen LogP contribution in [0, 0.1) is 6.92 Å². The number of hydrogen-bond acceptors (Lipinski definition) is 5. The quantitative estimate of drug-likeness (QED) is 0.846. The normalized spacial score (nSPS) is 18.9. The highest BCUT2D eigenvalue weighted by Crippen LogP contribution is 2.34. The van der Waals surface area contributed by atoms with E-state index >= 15 is 0 Å². The summed E-state index contributed by atoms with van der Waals surface area (Å²) in [7, 11) is 0. The number of likely N-dealkylation sites (tertiary alicyclic amines) is 1. The lowest BCUT2D eigenvalue weighted by atomic mass is 9.98. The fourth-order valence-corrected chi connectivity index (χ4v) is 3.65. The van der Waals surface area contributed by atoms with E-state index in [9.17, 15) is 4.79 Å². The summed E-state index contributed by atoms with van der Waals surface area (Å²) in [5.41, 5.74) is 0.820. The number of aromatic nitrogens is 2. The molecule has 1 aliphatic rings. The summed E-state index contributed by atoms with van der Waals surface area (Å²) >= 11 is 1.49. The first-order valence-corrected chi connectivity index (χ1v) is 8.38. The molecule has 118 valence electrons. The Balaban J connectivity index is 1.83. The van der Waals surface area contributed by atoms with Gasteiger partial charge in [-0.3, -0.25) is 4.79 Å². The lowest BCUT2D eigenvalue weighted by Crippen LogP contribution is -2.30. The zero-order chi connectivity index (χ0) is 15.9. The van der Waals surface area contributed by atoms with E-state index in [4.69, 9.17) is 4.52 Å². The Kier molecular flexibility index (Phi) is 3.80. The van der Waals surface area contributed by atoms with Crippen molar-refractivity contribution in [3.63, 3.8) is 0 Å². The fraction of sp³-hybridized carbons (Fsp3) is 0.562. The molecule has 2 aromatic rings. The van der Waals surface area contributed by atoms with Crippen molar-refractivity contribution in [1.82, 2.24) is 15.0 Å². The van der Waals surface area contributed by atoms with Crippen LogP contribution in [0.5, 0.6) is 0 Å². The van der Waals surface area contributed by atoms with Crippen LogP contribution in [0.4, 0.5) is 0 Å². The number of nitrogens with zero attached hydrogens (tertiary/aromatic N) is 3. The first-order chi connectivity index (χ1) is 10.4. The van der Waals surface area contributed by atoms with Gasteiger partial charge in [-0.05, 0) is 19.8 Å². The molecular formula is C16H21N3O2S. The molecule has 3 rings (SSSR count). The van der Waals surface area contributed by atoms with Gasteiger partial charge in [-0.25, -0.2) is 4.98 Å². The molecule has 0 spiro atoms. The second-order valence-corrected chi connectivity index (χ2v) is 7.83. The van der Waals surface area contributed by atoms with E-state index in [2.05, 4.69) is 30.9 Å². The number of carbonyl (C=O) groups excluding carboxylic acids is 1. The maximum Gasteiger partial charge on any atom is 0.266 e. The number of hydrogen-bond donors (Lipinski definition) is 0. The molecule has 0 N–H and O–H groups in total. The van der Waals surface area contributed by atoms with E-state index in [0.717, 1.165) is 35.8 Å². The van der Waals surface area contributed by atoms with Crippen LogP contribution >= 0.6 is 11.3 Å². The molecule has 1 atom stereocenters. The van der Waals surface area contributed by atoms with Crippen LogP contribution in [-0.4, -0.2) is 27.5 Å². The van der Waals surface area contributed by atoms with Crippen molar-refractivity contribution < 1.29 is 9.32 Å². The van der Waals surface area contributed by atoms with Gasteiger partial charge < -0.3 is 9.42 Å². The van der Waals surface area contributed by atoms with Crippen molar-refractivity contribution in [1.29, 1.82) is 0 Å². The smallest absolute Gasteiger partial charge is 0.266 e. The number of thiazole rings is 1. The van der Waals surface area contributed by atoms with Gasteiger partial charge in [0.25, 0.3) is 5.91 Å². The summed E-state index contributed by atoms with van der Waals surface area (Å²) in [5.74, 6) is 0.832. The molecule has 0 bridgehead atoms. The van der Waals surface area contributed by atoms with E-state index in [1.165, 1.54) is 11.3 Å². The molecular weight excluding hydrogens is 298 g/mol. The minimum atomic E-state index is -0.0309. The molecule has 0 aliphatic carbocycles. The summed E-state index contributed by atoms with van der Waals surface area (Å²) in [4.78, 5) is 19.8. The van der Waals surface area contributed by atoms with Crippen molar-refractivity contribution >= 4 is 17.2 Å². The number of amides is 1. The highest BCUT2D eigenvalue weighted by Gasteiger charge is 2.34. The van der Waals surface area contributed by atoms with Gasteiger partial charge in [-0.15, -0.1) is 11.3 Å². The second kappa shape index (κ2) is 5.50. The standard InChI is InChI=1S/C16H21N3O2S/c1-10-8-11(18-21-10)12-6-5-7-19(12)14(20)13-9-17-15(22-13)16(2,3)4/h8-9,12H,5-7H2,1-4H3. The third kappa shape index (κ3) is 2.79. The molecule has 6 heteroatoms. The Hall–Kier alpha value is -1.69. The molecule has 1 aliphatic heterocycles. The third-order valence-corrected chi connectivity index (χ3v) is 5.27. The summed E-state index contributed by atoms with van der Waals surface area (Å²) in [5, 5.41) is 5.08. The Morgan fingerprint density at radius 1 is 1.45 bits per heavy atom. The van der Waals surface area contributed by atoms with Gasteiger partial charge in [-0.2, -0.15) is 0 Å². The largest absolute Gasteiger partial charge is 0.361 e. The summed E-state index contributed by atoms with van der Waals surface area (Å²) in [6.45, 7) is 8.96. The summed E-state index contributed by atoms with van der Waals surface area (Å²) in [6.07, 6.45) is 3.63. The van der Waals surface area contributed by atoms with Gasteiger partial charge in [0.05, 0.1) is 17.2 Å². The maximum atomic E-state index is 12.8. The van der Waals surface area contributed by atoms with Crippen LogP contribution in [0.25, 0.3) is 0 Å². The Morgan fingerprint density at radius 3 is 2.82 bits per heavy atom. The van der Waals surface area contributed by atoms with Crippen molar-refractivity contribution in [2.45, 2.75) is 52.0 Å². The van der Waals surface area contributed by atoms with Crippen LogP contribution in [0.1, 0.15) is 65.8 Å². The molecule has 1 fully saturated rings. The van der Waals surface area contributed by atoms with E-state index < -0.39 is 0 Å². The summed E-state index contributed by atoms with van der Waals surface area (Å²) < 4.78 is 5.16. The SMILES string of the molecule is Cc1cc(C2CCCN2C(=O)c2cnc(C(C)(C)C)s2)no1. The molecule has 3 heterocycles. The molecule has 2 aromatic heterocycles. The van der Waals surface area contributed by atoms with E-state index in [1.54, 1.807) is 6.20 Å². The number of aryl methyl sites for hydroxylation is 1. The van der Waals surface area contributed by atoms with Gasteiger partial charge in [0.2, 0.25) is 0 Å². The highest BCUT2D eigenvalue weighted by atomic mass is 32.1. The number of carbonyl (C=O) groups is 1. The molecule has 1 unspecified atom stereocenters. The Bertz CT molecular complexity index is 684. The maximum absolute atomic E-state index is 12.8. The fourth-order valence-electron chi connectivity index (χ4n) is 2.72. The van der Waals surface area contributed by atoms with Crippen LogP contribution in [-0.2, 0) is 5.41 Å². The van der Waals surface area contributed by atoms with Crippen molar-refractivity contribution in [2.24, 2.45) is 0 Å². The number of rotatable bonds is 2. The predicted octanol–water partition coefficient (Wildman–Crippen LogP) is 3.71. The third-order valence-electron chi connectivity index (χ3n) is 3.86. The second-order valence-electron chi connectivity index (χ2n) is 6.80. The molecule has 1 amide bonds. The van der Waals surface area contributed by atoms with Crippen molar-refractivity contribution in [3.05, 3.63) is 33.6 Å². The van der Waals surface area contributed by atoms with Crippen LogP contribution in [0.2, 0.25) is 0 Å². The molecule has 5 nitrogen and oxygen atoms in total. The van der Waals surface area contributed by atoms with Gasteiger partial charge in [0.1, 0.15) is 16.3 Å². The average molecular weight is 319 g/mol. The van der Waals surface area contributed by atoms with Gasteiger partial charge in [0.15, 0.2) is 0 Å². The van der Waals surface area contributed by atoms with Crippen LogP contribution in [0.3, 0.4) is 0 Å². The predicted molar refractivity (Wildman–Crippen MR) is 85.1 cm³/mol. The summed E-state index contributed by atoms with van der Waals surface area (Å²) in [6, 6.07) is 1.94. The van der Waals surface area contributed by atoms with Crippen molar-refractivity contribution in [3.8, 4) is 0 Å². The minimum Gasteiger partial charge on any atom is -0.361 e. The zero-order valence-corrected chi connectivity index (χ0v) is 14.2. The van der Waals surface area contributed by atoms with Gasteiger partial charge in [0, 0.05) is 18.0 Å². The first kappa shape index (κ1) is 15.2. The molecule has 0 saturated carbocycles. The first-order valence-electron chi connectivity index (χ1n) is 7.57. The minimum absolute atomic E-state index is 0.0186. The Labute approximate surface area is 134 Å². The monoisotopic (exact) mass is 319 g/mol. The van der Waals surface area contributed by atoms with Crippen molar-refractivity contribution in [2.75, 3.05) is 6.54 Å². The Morgan fingerprint density at radius 2 is 2.23 bits per heavy atom. The highest BCUT2D eigenvalue weighted by molar-refractivity contribution is 7.13. The van der Waals surface area contributed by atoms with E-state index in [0.29, 0.717) is 4.88 Å². The van der Waals surface area contributed by atoms with Crippen LogP contribution < -0.4 is 0 Å². The lowest BCUT2D eigenvalue weighted by Gasteiger charge is -2.22. The van der Waals surface area contributed by atoms with Gasteiger partial charge >= 0.3 is 0 Å². The van der Waals surface area contributed by atoms with E-state index in [-0.39, 0.29) is 17.4 Å². The lowest BCUT2D eigenvalue weighted by molar-refractivity contribution is 0.0735. The van der Waals surface area contributed by atoms with E-state index in [1.807, 2.05) is 17.9 Å². The molecule has 0 radical (unpaired) electrons. The van der Waals surface area contributed by atoms with Crippen LogP contribution in [0.15, 0.2) is 16.8 Å². The molecule has 22 heavy (non-hydrogen) atoms. The van der Waals surface area contributed by atoms with Gasteiger partial charge in [-0.1, -0.05) is 25.9 Å². The topological polar surface area (TPSA) is 59.2 Å². The zero-order valence-electron chi connectivity index (χ0n) is 13.4. The molecule has 0 aromatic carbocycles.